The van der Waals surface area contributed by atoms with Gasteiger partial charge >= 0.3 is 0 Å². The third kappa shape index (κ3) is 5.99. The van der Waals surface area contributed by atoms with Crippen LogP contribution < -0.4 is 10.6 Å². The van der Waals surface area contributed by atoms with Gasteiger partial charge < -0.3 is 15.2 Å². The van der Waals surface area contributed by atoms with Gasteiger partial charge in [0, 0.05) is 22.8 Å². The van der Waals surface area contributed by atoms with Crippen molar-refractivity contribution < 1.29 is 9.59 Å². The molecule has 0 radical (unpaired) electrons. The maximum atomic E-state index is 12.7. The standard InChI is InChI=1S/C23H24ClN5O2S/c1-4-12-29-21(16(3)25-22(31)19-11-6-5-8-15(19)2)27-28-23(29)32-14-20(30)26-18-10-7-9-17(24)13-18/h4-11,13,16H,1,12,14H2,2-3H3,(H,25,31)(H,26,30)/t16-/m0/s1. The van der Waals surface area contributed by atoms with E-state index in [1.54, 1.807) is 36.4 Å². The maximum Gasteiger partial charge on any atom is 0.252 e. The zero-order valence-electron chi connectivity index (χ0n) is 17.8. The second-order valence-corrected chi connectivity index (χ2v) is 8.48. The number of allylic oxidation sites excluding steroid dienone is 1. The van der Waals surface area contributed by atoms with Gasteiger partial charge in [0.05, 0.1) is 11.8 Å². The molecule has 0 aliphatic carbocycles. The van der Waals surface area contributed by atoms with E-state index >= 15 is 0 Å². The molecule has 0 saturated heterocycles. The second-order valence-electron chi connectivity index (χ2n) is 7.10. The fraction of sp³-hybridized carbons (Fsp3) is 0.217. The molecule has 9 heteroatoms. The van der Waals surface area contributed by atoms with E-state index in [1.165, 1.54) is 11.8 Å². The van der Waals surface area contributed by atoms with Crippen LogP contribution in [-0.2, 0) is 11.3 Å². The normalized spacial score (nSPS) is 11.6. The highest BCUT2D eigenvalue weighted by atomic mass is 35.5. The Labute approximate surface area is 196 Å². The quantitative estimate of drug-likeness (QED) is 0.352. The summed E-state index contributed by atoms with van der Waals surface area (Å²) in [5, 5.41) is 15.4. The maximum absolute atomic E-state index is 12.7. The molecular weight excluding hydrogens is 446 g/mol. The Morgan fingerprint density at radius 2 is 2.00 bits per heavy atom. The number of amides is 2. The number of thioether (sulfide) groups is 1. The van der Waals surface area contributed by atoms with Crippen LogP contribution in [0.4, 0.5) is 5.69 Å². The molecule has 3 rings (SSSR count). The van der Waals surface area contributed by atoms with Crippen LogP contribution >= 0.6 is 23.4 Å². The van der Waals surface area contributed by atoms with Crippen molar-refractivity contribution in [2.24, 2.45) is 0 Å². The molecule has 0 aliphatic heterocycles. The summed E-state index contributed by atoms with van der Waals surface area (Å²) in [6.07, 6.45) is 1.72. The molecule has 0 spiro atoms. The van der Waals surface area contributed by atoms with Crippen molar-refractivity contribution in [2.75, 3.05) is 11.1 Å². The molecule has 1 atom stereocenters. The molecule has 2 aromatic carbocycles. The fourth-order valence-corrected chi connectivity index (χ4v) is 4.03. The molecule has 0 aliphatic rings. The number of halogens is 1. The van der Waals surface area contributed by atoms with Crippen LogP contribution in [0.2, 0.25) is 5.02 Å². The highest BCUT2D eigenvalue weighted by Gasteiger charge is 2.21. The third-order valence-electron chi connectivity index (χ3n) is 4.62. The van der Waals surface area contributed by atoms with Crippen LogP contribution in [0.15, 0.2) is 66.3 Å². The molecule has 32 heavy (non-hydrogen) atoms. The van der Waals surface area contributed by atoms with Crippen molar-refractivity contribution >= 4 is 40.9 Å². The summed E-state index contributed by atoms with van der Waals surface area (Å²) in [7, 11) is 0. The first-order valence-electron chi connectivity index (χ1n) is 9.97. The van der Waals surface area contributed by atoms with Crippen LogP contribution in [-0.4, -0.2) is 32.3 Å². The number of aromatic nitrogens is 3. The number of carbonyl (C=O) groups is 2. The monoisotopic (exact) mass is 469 g/mol. The van der Waals surface area contributed by atoms with Gasteiger partial charge in [-0.2, -0.15) is 0 Å². The van der Waals surface area contributed by atoms with Crippen LogP contribution in [0.3, 0.4) is 0 Å². The Balaban J connectivity index is 1.67. The minimum atomic E-state index is -0.385. The van der Waals surface area contributed by atoms with Crippen LogP contribution in [0.1, 0.15) is 34.7 Å². The molecule has 1 heterocycles. The zero-order valence-corrected chi connectivity index (χ0v) is 19.4. The summed E-state index contributed by atoms with van der Waals surface area (Å²) in [5.41, 5.74) is 2.14. The smallest absolute Gasteiger partial charge is 0.252 e. The van der Waals surface area contributed by atoms with Gasteiger partial charge in [-0.3, -0.25) is 9.59 Å². The van der Waals surface area contributed by atoms with E-state index in [9.17, 15) is 9.59 Å². The molecule has 1 aromatic heterocycles. The molecule has 0 bridgehead atoms. The Kier molecular flexibility index (Phi) is 8.08. The lowest BCUT2D eigenvalue weighted by Gasteiger charge is -2.16. The van der Waals surface area contributed by atoms with Gasteiger partial charge in [0.1, 0.15) is 0 Å². The molecule has 0 unspecified atom stereocenters. The summed E-state index contributed by atoms with van der Waals surface area (Å²) in [6.45, 7) is 7.98. The molecule has 0 fully saturated rings. The van der Waals surface area contributed by atoms with Crippen molar-refractivity contribution in [3.05, 3.63) is 83.2 Å². The fourth-order valence-electron chi connectivity index (χ4n) is 3.09. The van der Waals surface area contributed by atoms with E-state index in [2.05, 4.69) is 27.4 Å². The van der Waals surface area contributed by atoms with E-state index < -0.39 is 0 Å². The lowest BCUT2D eigenvalue weighted by atomic mass is 10.1. The number of aryl methyl sites for hydroxylation is 1. The van der Waals surface area contributed by atoms with Gasteiger partial charge in [-0.25, -0.2) is 0 Å². The van der Waals surface area contributed by atoms with E-state index in [-0.39, 0.29) is 23.6 Å². The molecule has 2 amide bonds. The average Bonchev–Trinajstić information content (AvgIpc) is 3.15. The zero-order chi connectivity index (χ0) is 23.1. The molecule has 7 nitrogen and oxygen atoms in total. The number of carbonyl (C=O) groups excluding carboxylic acids is 2. The van der Waals surface area contributed by atoms with E-state index in [0.717, 1.165) is 5.56 Å². The Bertz CT molecular complexity index is 1130. The van der Waals surface area contributed by atoms with Crippen LogP contribution in [0.25, 0.3) is 0 Å². The van der Waals surface area contributed by atoms with Gasteiger partial charge in [-0.15, -0.1) is 16.8 Å². The van der Waals surface area contributed by atoms with Crippen molar-refractivity contribution in [2.45, 2.75) is 31.6 Å². The Hall–Kier alpha value is -3.10. The Morgan fingerprint density at radius 1 is 1.22 bits per heavy atom. The summed E-state index contributed by atoms with van der Waals surface area (Å²) in [4.78, 5) is 25.0. The minimum absolute atomic E-state index is 0.145. The molecule has 0 saturated carbocycles. The average molecular weight is 470 g/mol. The second kappa shape index (κ2) is 11.0. The predicted octanol–water partition coefficient (Wildman–Crippen LogP) is 4.65. The number of benzene rings is 2. The molecule has 3 aromatic rings. The van der Waals surface area contributed by atoms with Crippen LogP contribution in [0.5, 0.6) is 0 Å². The first-order valence-corrected chi connectivity index (χ1v) is 11.3. The highest BCUT2D eigenvalue weighted by molar-refractivity contribution is 7.99. The van der Waals surface area contributed by atoms with Crippen molar-refractivity contribution in [1.29, 1.82) is 0 Å². The highest BCUT2D eigenvalue weighted by Crippen LogP contribution is 2.22. The van der Waals surface area contributed by atoms with Gasteiger partial charge in [-0.05, 0) is 43.7 Å². The predicted molar refractivity (Wildman–Crippen MR) is 128 cm³/mol. The first-order chi connectivity index (χ1) is 15.4. The van der Waals surface area contributed by atoms with Crippen LogP contribution in [0, 0.1) is 6.92 Å². The number of hydrogen-bond acceptors (Lipinski definition) is 5. The molecule has 2 N–H and O–H groups in total. The number of anilines is 1. The summed E-state index contributed by atoms with van der Waals surface area (Å²) in [5.74, 6) is 0.363. The van der Waals surface area contributed by atoms with E-state index in [1.807, 2.05) is 36.6 Å². The summed E-state index contributed by atoms with van der Waals surface area (Å²) >= 11 is 7.21. The number of rotatable bonds is 9. The van der Waals surface area contributed by atoms with Gasteiger partial charge in [0.25, 0.3) is 5.91 Å². The summed E-state index contributed by atoms with van der Waals surface area (Å²) in [6, 6.07) is 14.0. The number of hydrogen-bond donors (Lipinski definition) is 2. The van der Waals surface area contributed by atoms with Gasteiger partial charge in [-0.1, -0.05) is 53.7 Å². The van der Waals surface area contributed by atoms with Crippen molar-refractivity contribution in [3.63, 3.8) is 0 Å². The van der Waals surface area contributed by atoms with E-state index in [4.69, 9.17) is 11.6 Å². The first kappa shape index (κ1) is 23.6. The molecular formula is C23H24ClN5O2S. The SMILES string of the molecule is C=CCn1c(SCC(=O)Nc2cccc(Cl)c2)nnc1[C@H](C)NC(=O)c1ccccc1C. The lowest BCUT2D eigenvalue weighted by molar-refractivity contribution is -0.113. The van der Waals surface area contributed by atoms with Gasteiger partial charge in [0.2, 0.25) is 5.91 Å². The van der Waals surface area contributed by atoms with E-state index in [0.29, 0.717) is 33.8 Å². The summed E-state index contributed by atoms with van der Waals surface area (Å²) < 4.78 is 1.84. The third-order valence-corrected chi connectivity index (χ3v) is 5.82. The molecule has 166 valence electrons. The largest absolute Gasteiger partial charge is 0.342 e. The number of nitrogens with one attached hydrogen (secondary N) is 2. The van der Waals surface area contributed by atoms with Crippen molar-refractivity contribution in [3.8, 4) is 0 Å². The minimum Gasteiger partial charge on any atom is -0.342 e. The topological polar surface area (TPSA) is 88.9 Å². The number of nitrogens with zero attached hydrogens (tertiary/aromatic N) is 3. The lowest BCUT2D eigenvalue weighted by Crippen LogP contribution is -2.29. The Morgan fingerprint density at radius 3 is 2.72 bits per heavy atom. The van der Waals surface area contributed by atoms with Crippen molar-refractivity contribution in [1.82, 2.24) is 20.1 Å². The van der Waals surface area contributed by atoms with Gasteiger partial charge in [0.15, 0.2) is 11.0 Å².